The molecule has 0 unspecified atom stereocenters. The molecule has 1 aliphatic rings. The van der Waals surface area contributed by atoms with E-state index in [2.05, 4.69) is 10.6 Å². The van der Waals surface area contributed by atoms with Crippen molar-refractivity contribution in [2.45, 2.75) is 26.2 Å². The number of nitrogens with zero attached hydrogens (tertiary/aromatic N) is 1. The number of hydrogen-bond acceptors (Lipinski definition) is 2. The van der Waals surface area contributed by atoms with Crippen LogP contribution in [0.25, 0.3) is 0 Å². The number of rotatable bonds is 3. The summed E-state index contributed by atoms with van der Waals surface area (Å²) in [5, 5.41) is 5.62. The van der Waals surface area contributed by atoms with E-state index in [9.17, 15) is 9.59 Å². The number of likely N-dealkylation sites (tertiary alicyclic amines) is 1. The second-order valence-electron chi connectivity index (χ2n) is 4.61. The number of anilines is 2. The first kappa shape index (κ1) is 13.4. The SMILES string of the molecule is CCC(=O)Nc1cccc(NC(=O)N2CCCC2)c1. The minimum atomic E-state index is -0.0727. The van der Waals surface area contributed by atoms with E-state index in [1.807, 2.05) is 12.1 Å². The Morgan fingerprint density at radius 2 is 1.79 bits per heavy atom. The molecule has 0 spiro atoms. The minimum absolute atomic E-state index is 0.0389. The van der Waals surface area contributed by atoms with Crippen LogP contribution < -0.4 is 10.6 Å². The molecule has 0 atom stereocenters. The number of amides is 3. The third-order valence-electron chi connectivity index (χ3n) is 3.11. The van der Waals surface area contributed by atoms with E-state index in [4.69, 9.17) is 0 Å². The lowest BCUT2D eigenvalue weighted by Crippen LogP contribution is -2.32. The first-order chi connectivity index (χ1) is 9.19. The molecular formula is C14H19N3O2. The molecule has 1 fully saturated rings. The molecule has 2 N–H and O–H groups in total. The number of nitrogens with one attached hydrogen (secondary N) is 2. The van der Waals surface area contributed by atoms with Crippen molar-refractivity contribution in [1.29, 1.82) is 0 Å². The number of carbonyl (C=O) groups excluding carboxylic acids is 2. The van der Waals surface area contributed by atoms with Crippen LogP contribution in [-0.2, 0) is 4.79 Å². The van der Waals surface area contributed by atoms with Gasteiger partial charge in [0, 0.05) is 30.9 Å². The second kappa shape index (κ2) is 6.22. The van der Waals surface area contributed by atoms with Crippen molar-refractivity contribution in [1.82, 2.24) is 4.90 Å². The molecule has 5 heteroatoms. The summed E-state index contributed by atoms with van der Waals surface area (Å²) in [5.41, 5.74) is 1.40. The summed E-state index contributed by atoms with van der Waals surface area (Å²) in [6, 6.07) is 7.12. The molecule has 0 aromatic heterocycles. The average molecular weight is 261 g/mol. The number of carbonyl (C=O) groups is 2. The Morgan fingerprint density at radius 3 is 2.42 bits per heavy atom. The van der Waals surface area contributed by atoms with Crippen molar-refractivity contribution in [2.75, 3.05) is 23.7 Å². The van der Waals surface area contributed by atoms with Crippen molar-refractivity contribution < 1.29 is 9.59 Å². The quantitative estimate of drug-likeness (QED) is 0.878. The summed E-state index contributed by atoms with van der Waals surface area (Å²) < 4.78 is 0. The normalized spacial score (nSPS) is 14.3. The lowest BCUT2D eigenvalue weighted by molar-refractivity contribution is -0.115. The highest BCUT2D eigenvalue weighted by atomic mass is 16.2. The van der Waals surface area contributed by atoms with E-state index in [0.717, 1.165) is 25.9 Å². The molecule has 102 valence electrons. The van der Waals surface area contributed by atoms with Crippen molar-refractivity contribution in [3.05, 3.63) is 24.3 Å². The predicted molar refractivity (Wildman–Crippen MR) is 75.2 cm³/mol. The van der Waals surface area contributed by atoms with Gasteiger partial charge in [0.2, 0.25) is 5.91 Å². The summed E-state index contributed by atoms with van der Waals surface area (Å²) in [7, 11) is 0. The molecule has 0 saturated carbocycles. The molecule has 1 aromatic rings. The van der Waals surface area contributed by atoms with Crippen LogP contribution in [0.15, 0.2) is 24.3 Å². The largest absolute Gasteiger partial charge is 0.326 e. The van der Waals surface area contributed by atoms with Gasteiger partial charge in [-0.05, 0) is 31.0 Å². The van der Waals surface area contributed by atoms with Gasteiger partial charge in [0.1, 0.15) is 0 Å². The highest BCUT2D eigenvalue weighted by molar-refractivity contribution is 5.93. The lowest BCUT2D eigenvalue weighted by atomic mass is 10.2. The summed E-state index contributed by atoms with van der Waals surface area (Å²) in [6.07, 6.45) is 2.57. The van der Waals surface area contributed by atoms with Gasteiger partial charge < -0.3 is 15.5 Å². The Hall–Kier alpha value is -2.04. The number of hydrogen-bond donors (Lipinski definition) is 2. The van der Waals surface area contributed by atoms with Crippen LogP contribution in [0, 0.1) is 0 Å². The van der Waals surface area contributed by atoms with E-state index in [1.165, 1.54) is 0 Å². The molecule has 1 saturated heterocycles. The first-order valence-corrected chi connectivity index (χ1v) is 6.65. The van der Waals surface area contributed by atoms with Gasteiger partial charge in [0.05, 0.1) is 0 Å². The van der Waals surface area contributed by atoms with Gasteiger partial charge in [-0.2, -0.15) is 0 Å². The smallest absolute Gasteiger partial charge is 0.321 e. The Labute approximate surface area is 113 Å². The van der Waals surface area contributed by atoms with Crippen molar-refractivity contribution in [3.63, 3.8) is 0 Å². The van der Waals surface area contributed by atoms with E-state index in [-0.39, 0.29) is 11.9 Å². The molecule has 1 heterocycles. The van der Waals surface area contributed by atoms with Crippen LogP contribution in [0.1, 0.15) is 26.2 Å². The van der Waals surface area contributed by atoms with E-state index < -0.39 is 0 Å². The van der Waals surface area contributed by atoms with Crippen LogP contribution >= 0.6 is 0 Å². The minimum Gasteiger partial charge on any atom is -0.326 e. The zero-order valence-electron chi connectivity index (χ0n) is 11.1. The maximum atomic E-state index is 11.9. The summed E-state index contributed by atoms with van der Waals surface area (Å²) >= 11 is 0. The monoisotopic (exact) mass is 261 g/mol. The van der Waals surface area contributed by atoms with Crippen LogP contribution in [-0.4, -0.2) is 29.9 Å². The fraction of sp³-hybridized carbons (Fsp3) is 0.429. The summed E-state index contributed by atoms with van der Waals surface area (Å²) in [6.45, 7) is 3.44. The van der Waals surface area contributed by atoms with Crippen LogP contribution in [0.2, 0.25) is 0 Å². The lowest BCUT2D eigenvalue weighted by Gasteiger charge is -2.16. The summed E-state index contributed by atoms with van der Waals surface area (Å²) in [4.78, 5) is 25.1. The molecule has 1 aromatic carbocycles. The Bertz CT molecular complexity index is 468. The predicted octanol–water partition coefficient (Wildman–Crippen LogP) is 2.66. The number of benzene rings is 1. The van der Waals surface area contributed by atoms with Gasteiger partial charge in [-0.3, -0.25) is 4.79 Å². The average Bonchev–Trinajstić information content (AvgIpc) is 2.93. The van der Waals surface area contributed by atoms with Crippen molar-refractivity contribution in [3.8, 4) is 0 Å². The second-order valence-corrected chi connectivity index (χ2v) is 4.61. The molecular weight excluding hydrogens is 242 g/mol. The van der Waals surface area contributed by atoms with Crippen LogP contribution in [0.3, 0.4) is 0 Å². The Kier molecular flexibility index (Phi) is 4.39. The zero-order chi connectivity index (χ0) is 13.7. The van der Waals surface area contributed by atoms with E-state index >= 15 is 0 Å². The van der Waals surface area contributed by atoms with Gasteiger partial charge in [-0.25, -0.2) is 4.79 Å². The van der Waals surface area contributed by atoms with Gasteiger partial charge in [0.15, 0.2) is 0 Å². The van der Waals surface area contributed by atoms with Crippen LogP contribution in [0.5, 0.6) is 0 Å². The first-order valence-electron chi connectivity index (χ1n) is 6.65. The number of urea groups is 1. The molecule has 19 heavy (non-hydrogen) atoms. The molecule has 5 nitrogen and oxygen atoms in total. The molecule has 3 amide bonds. The van der Waals surface area contributed by atoms with Gasteiger partial charge in [-0.15, -0.1) is 0 Å². The molecule has 0 bridgehead atoms. The maximum absolute atomic E-state index is 11.9. The fourth-order valence-corrected chi connectivity index (χ4v) is 2.05. The third-order valence-corrected chi connectivity index (χ3v) is 3.11. The molecule has 0 radical (unpaired) electrons. The topological polar surface area (TPSA) is 61.4 Å². The van der Waals surface area contributed by atoms with Gasteiger partial charge in [-0.1, -0.05) is 13.0 Å². The zero-order valence-corrected chi connectivity index (χ0v) is 11.1. The van der Waals surface area contributed by atoms with Gasteiger partial charge in [0.25, 0.3) is 0 Å². The van der Waals surface area contributed by atoms with Crippen molar-refractivity contribution in [2.24, 2.45) is 0 Å². The van der Waals surface area contributed by atoms with Crippen molar-refractivity contribution >= 4 is 23.3 Å². The Balaban J connectivity index is 1.98. The third kappa shape index (κ3) is 3.71. The maximum Gasteiger partial charge on any atom is 0.321 e. The van der Waals surface area contributed by atoms with Crippen LogP contribution in [0.4, 0.5) is 16.2 Å². The standard InChI is InChI=1S/C14H19N3O2/c1-2-13(18)15-11-6-5-7-12(10-11)16-14(19)17-8-3-4-9-17/h5-7,10H,2-4,8-9H2,1H3,(H,15,18)(H,16,19). The Morgan fingerprint density at radius 1 is 1.16 bits per heavy atom. The molecule has 2 rings (SSSR count). The van der Waals surface area contributed by atoms with Gasteiger partial charge >= 0.3 is 6.03 Å². The highest BCUT2D eigenvalue weighted by Gasteiger charge is 2.17. The molecule has 1 aliphatic heterocycles. The van der Waals surface area contributed by atoms with E-state index in [0.29, 0.717) is 17.8 Å². The fourth-order valence-electron chi connectivity index (χ4n) is 2.05. The summed E-state index contributed by atoms with van der Waals surface area (Å²) in [5.74, 6) is -0.0389. The highest BCUT2D eigenvalue weighted by Crippen LogP contribution is 2.17. The molecule has 0 aliphatic carbocycles. The van der Waals surface area contributed by atoms with E-state index in [1.54, 1.807) is 24.0 Å².